The molecule has 104 valence electrons. The fourth-order valence-electron chi connectivity index (χ4n) is 1.70. The first-order chi connectivity index (χ1) is 9.47. The van der Waals surface area contributed by atoms with Crippen molar-refractivity contribution in [2.75, 3.05) is 0 Å². The first kappa shape index (κ1) is 15.5. The van der Waals surface area contributed by atoms with E-state index in [1.165, 1.54) is 6.92 Å². The van der Waals surface area contributed by atoms with E-state index in [4.69, 9.17) is 16.3 Å². The summed E-state index contributed by atoms with van der Waals surface area (Å²) in [6, 6.07) is 10.9. The molecular weight excluding hydrogens is 407 g/mol. The molecule has 0 heterocycles. The summed E-state index contributed by atoms with van der Waals surface area (Å²) in [7, 11) is 0. The highest BCUT2D eigenvalue weighted by Crippen LogP contribution is 2.27. The number of carbonyl (C=O) groups excluding carboxylic acids is 1. The standard InChI is InChI=1S/C15H11Br2ClO2/c1-9(19)13-5-4-12(17)7-15(13)20-8-10-2-3-11(16)6-14(10)18/h2-7H,8H2,1H3. The molecule has 2 rings (SSSR count). The molecule has 0 atom stereocenters. The number of rotatable bonds is 4. The lowest BCUT2D eigenvalue weighted by molar-refractivity contribution is 0.101. The van der Waals surface area contributed by atoms with Gasteiger partial charge in [0.05, 0.1) is 5.56 Å². The van der Waals surface area contributed by atoms with Gasteiger partial charge in [0.25, 0.3) is 0 Å². The molecule has 2 aromatic carbocycles. The SMILES string of the molecule is CC(=O)c1ccc(Br)cc1OCc1ccc(Br)cc1Cl. The molecule has 0 aromatic heterocycles. The second kappa shape index (κ2) is 6.74. The highest BCUT2D eigenvalue weighted by molar-refractivity contribution is 9.10. The van der Waals surface area contributed by atoms with Crippen LogP contribution in [0, 0.1) is 0 Å². The molecule has 0 aliphatic carbocycles. The third-order valence-corrected chi connectivity index (χ3v) is 4.06. The number of hydrogen-bond donors (Lipinski definition) is 0. The summed E-state index contributed by atoms with van der Waals surface area (Å²) >= 11 is 12.9. The number of Topliss-reactive ketones (excluding diaryl/α,β-unsaturated/α-hetero) is 1. The Bertz CT molecular complexity index is 656. The van der Waals surface area contributed by atoms with Gasteiger partial charge in [0.1, 0.15) is 12.4 Å². The van der Waals surface area contributed by atoms with Crippen molar-refractivity contribution in [3.8, 4) is 5.75 Å². The zero-order valence-corrected chi connectivity index (χ0v) is 14.5. The van der Waals surface area contributed by atoms with Crippen molar-refractivity contribution in [2.24, 2.45) is 0 Å². The Balaban J connectivity index is 2.22. The van der Waals surface area contributed by atoms with E-state index in [9.17, 15) is 4.79 Å². The largest absolute Gasteiger partial charge is 0.488 e. The maximum Gasteiger partial charge on any atom is 0.163 e. The topological polar surface area (TPSA) is 26.3 Å². The lowest BCUT2D eigenvalue weighted by Crippen LogP contribution is -2.02. The number of benzene rings is 2. The van der Waals surface area contributed by atoms with Crippen molar-refractivity contribution in [1.82, 2.24) is 0 Å². The van der Waals surface area contributed by atoms with E-state index in [0.717, 1.165) is 14.5 Å². The first-order valence-corrected chi connectivity index (χ1v) is 7.81. The zero-order valence-electron chi connectivity index (χ0n) is 10.6. The Morgan fingerprint density at radius 2 is 1.80 bits per heavy atom. The van der Waals surface area contributed by atoms with Crippen LogP contribution in [0.5, 0.6) is 5.75 Å². The molecule has 2 aromatic rings. The molecule has 0 saturated carbocycles. The molecule has 5 heteroatoms. The van der Waals surface area contributed by atoms with E-state index in [1.54, 1.807) is 12.1 Å². The van der Waals surface area contributed by atoms with Gasteiger partial charge < -0.3 is 4.74 Å². The third-order valence-electron chi connectivity index (χ3n) is 2.72. The predicted octanol–water partition coefficient (Wildman–Crippen LogP) is 5.65. The zero-order chi connectivity index (χ0) is 14.7. The minimum atomic E-state index is -0.0330. The van der Waals surface area contributed by atoms with Crippen LogP contribution >= 0.6 is 43.5 Å². The average molecular weight is 419 g/mol. The highest BCUT2D eigenvalue weighted by Gasteiger charge is 2.10. The van der Waals surface area contributed by atoms with Gasteiger partial charge in [0.15, 0.2) is 5.78 Å². The van der Waals surface area contributed by atoms with Crippen LogP contribution in [-0.4, -0.2) is 5.78 Å². The summed E-state index contributed by atoms with van der Waals surface area (Å²) in [5, 5.41) is 0.624. The van der Waals surface area contributed by atoms with Crippen LogP contribution < -0.4 is 4.74 Å². The molecule has 0 aliphatic rings. The lowest BCUT2D eigenvalue weighted by atomic mass is 10.1. The second-order valence-corrected chi connectivity index (χ2v) is 6.46. The molecule has 2 nitrogen and oxygen atoms in total. The quantitative estimate of drug-likeness (QED) is 0.600. The van der Waals surface area contributed by atoms with Gasteiger partial charge in [-0.3, -0.25) is 4.79 Å². The van der Waals surface area contributed by atoms with Crippen molar-refractivity contribution in [3.63, 3.8) is 0 Å². The fraction of sp³-hybridized carbons (Fsp3) is 0.133. The average Bonchev–Trinajstić information content (AvgIpc) is 2.37. The Hall–Kier alpha value is -0.840. The maximum absolute atomic E-state index is 11.6. The molecule has 0 saturated heterocycles. The van der Waals surface area contributed by atoms with E-state index in [-0.39, 0.29) is 5.78 Å². The van der Waals surface area contributed by atoms with Gasteiger partial charge >= 0.3 is 0 Å². The molecule has 0 N–H and O–H groups in total. The summed E-state index contributed by atoms with van der Waals surface area (Å²) in [5.41, 5.74) is 1.42. The van der Waals surface area contributed by atoms with Crippen molar-refractivity contribution < 1.29 is 9.53 Å². The van der Waals surface area contributed by atoms with Crippen LogP contribution in [-0.2, 0) is 6.61 Å². The Labute approximate surface area is 139 Å². The fourth-order valence-corrected chi connectivity index (χ4v) is 2.77. The number of carbonyl (C=O) groups is 1. The monoisotopic (exact) mass is 416 g/mol. The Kier molecular flexibility index (Phi) is 5.24. The van der Waals surface area contributed by atoms with E-state index >= 15 is 0 Å². The van der Waals surface area contributed by atoms with Crippen molar-refractivity contribution in [2.45, 2.75) is 13.5 Å². The molecule has 0 bridgehead atoms. The Morgan fingerprint density at radius 3 is 2.45 bits per heavy atom. The molecule has 20 heavy (non-hydrogen) atoms. The molecule has 0 spiro atoms. The van der Waals surface area contributed by atoms with E-state index < -0.39 is 0 Å². The van der Waals surface area contributed by atoms with Crippen LogP contribution in [0.2, 0.25) is 5.02 Å². The van der Waals surface area contributed by atoms with Crippen molar-refractivity contribution in [1.29, 1.82) is 0 Å². The van der Waals surface area contributed by atoms with E-state index in [1.807, 2.05) is 24.3 Å². The van der Waals surface area contributed by atoms with Crippen LogP contribution in [0.25, 0.3) is 0 Å². The van der Waals surface area contributed by atoms with Gasteiger partial charge in [-0.25, -0.2) is 0 Å². The molecule has 0 radical (unpaired) electrons. The van der Waals surface area contributed by atoms with E-state index in [0.29, 0.717) is 22.9 Å². The van der Waals surface area contributed by atoms with Crippen molar-refractivity contribution in [3.05, 3.63) is 61.5 Å². The number of ketones is 1. The van der Waals surface area contributed by atoms with Gasteiger partial charge in [-0.05, 0) is 37.3 Å². The van der Waals surface area contributed by atoms with Crippen LogP contribution in [0.4, 0.5) is 0 Å². The smallest absolute Gasteiger partial charge is 0.163 e. The van der Waals surface area contributed by atoms with Gasteiger partial charge in [-0.2, -0.15) is 0 Å². The molecule has 0 fully saturated rings. The van der Waals surface area contributed by atoms with Crippen LogP contribution in [0.1, 0.15) is 22.8 Å². The number of halogens is 3. The summed E-state index contributed by atoms with van der Waals surface area (Å²) in [6.45, 7) is 1.82. The van der Waals surface area contributed by atoms with Crippen LogP contribution in [0.3, 0.4) is 0 Å². The Morgan fingerprint density at radius 1 is 1.15 bits per heavy atom. The molecule has 0 amide bonds. The van der Waals surface area contributed by atoms with Crippen LogP contribution in [0.15, 0.2) is 45.3 Å². The normalized spacial score (nSPS) is 10.4. The van der Waals surface area contributed by atoms with E-state index in [2.05, 4.69) is 31.9 Å². The highest BCUT2D eigenvalue weighted by atomic mass is 79.9. The second-order valence-electron chi connectivity index (χ2n) is 4.22. The summed E-state index contributed by atoms with van der Waals surface area (Å²) in [4.78, 5) is 11.6. The summed E-state index contributed by atoms with van der Waals surface area (Å²) in [5.74, 6) is 0.514. The van der Waals surface area contributed by atoms with Gasteiger partial charge in [0, 0.05) is 19.5 Å². The van der Waals surface area contributed by atoms with Gasteiger partial charge in [-0.1, -0.05) is 49.5 Å². The molecule has 0 aliphatic heterocycles. The molecule has 0 unspecified atom stereocenters. The third kappa shape index (κ3) is 3.84. The number of ether oxygens (including phenoxy) is 1. The first-order valence-electron chi connectivity index (χ1n) is 5.84. The van der Waals surface area contributed by atoms with Gasteiger partial charge in [0.2, 0.25) is 0 Å². The summed E-state index contributed by atoms with van der Waals surface area (Å²) < 4.78 is 7.51. The van der Waals surface area contributed by atoms with Gasteiger partial charge in [-0.15, -0.1) is 0 Å². The lowest BCUT2D eigenvalue weighted by Gasteiger charge is -2.11. The van der Waals surface area contributed by atoms with Crippen molar-refractivity contribution >= 4 is 49.2 Å². The minimum absolute atomic E-state index is 0.0330. The predicted molar refractivity (Wildman–Crippen MR) is 87.6 cm³/mol. The number of hydrogen-bond acceptors (Lipinski definition) is 2. The molecular formula is C15H11Br2ClO2. The maximum atomic E-state index is 11.6. The minimum Gasteiger partial charge on any atom is -0.488 e. The summed E-state index contributed by atoms with van der Waals surface area (Å²) in [6.07, 6.45) is 0.